The number of hydrogen-bond acceptors (Lipinski definition) is 13. The average molecular weight is 983 g/mol. The summed E-state index contributed by atoms with van der Waals surface area (Å²) in [6, 6.07) is 31.6. The van der Waals surface area contributed by atoms with Crippen molar-refractivity contribution in [3.8, 4) is 22.8 Å². The van der Waals surface area contributed by atoms with Gasteiger partial charge in [0.15, 0.2) is 5.76 Å². The smallest absolute Gasteiger partial charge is 0.363 e. The molecule has 0 radical (unpaired) electrons. The molecule has 72 heavy (non-hydrogen) atoms. The Labute approximate surface area is 416 Å². The fourth-order valence-corrected chi connectivity index (χ4v) is 7.65. The fourth-order valence-electron chi connectivity index (χ4n) is 7.65. The van der Waals surface area contributed by atoms with Crippen molar-refractivity contribution in [2.75, 3.05) is 13.3 Å². The maximum absolute atomic E-state index is 13.8. The van der Waals surface area contributed by atoms with Gasteiger partial charge in [0, 0.05) is 18.0 Å². The number of carbonyl (C=O) groups excluding carboxylic acids is 7. The van der Waals surface area contributed by atoms with E-state index in [4.69, 9.17) is 23.5 Å². The lowest BCUT2D eigenvalue weighted by Crippen LogP contribution is -2.49. The van der Waals surface area contributed by atoms with Gasteiger partial charge in [-0.05, 0) is 85.5 Å². The van der Waals surface area contributed by atoms with E-state index in [2.05, 4.69) is 21.0 Å². The fraction of sp³-hybridized carbons (Fsp3) is 0.296. The summed E-state index contributed by atoms with van der Waals surface area (Å²) in [4.78, 5) is 98.4. The van der Waals surface area contributed by atoms with E-state index in [0.717, 1.165) is 29.2 Å². The molecule has 0 spiro atoms. The Morgan fingerprint density at radius 2 is 1.49 bits per heavy atom. The Morgan fingerprint density at radius 3 is 2.12 bits per heavy atom. The van der Waals surface area contributed by atoms with Gasteiger partial charge in [0.05, 0.1) is 48.5 Å². The van der Waals surface area contributed by atoms with Crippen LogP contribution < -0.4 is 20.7 Å². The molecule has 0 bridgehead atoms. The molecule has 0 aliphatic heterocycles. The van der Waals surface area contributed by atoms with Crippen LogP contribution in [-0.4, -0.2) is 82.2 Å². The van der Waals surface area contributed by atoms with Gasteiger partial charge in [-0.1, -0.05) is 99.8 Å². The van der Waals surface area contributed by atoms with Gasteiger partial charge < -0.3 is 39.4 Å². The summed E-state index contributed by atoms with van der Waals surface area (Å²) in [5, 5.41) is 13.0. The molecule has 0 saturated carbocycles. The molecule has 3 atom stereocenters. The number of rotatable bonds is 27. The van der Waals surface area contributed by atoms with E-state index >= 15 is 0 Å². The summed E-state index contributed by atoms with van der Waals surface area (Å²) in [6.45, 7) is 5.28. The normalized spacial score (nSPS) is 12.0. The lowest BCUT2D eigenvalue weighted by Gasteiger charge is -2.31. The number of esters is 2. The van der Waals surface area contributed by atoms with E-state index in [0.29, 0.717) is 30.4 Å². The van der Waals surface area contributed by atoms with Gasteiger partial charge in [0.25, 0.3) is 11.8 Å². The Kier molecular flexibility index (Phi) is 19.8. The lowest BCUT2D eigenvalue weighted by atomic mass is 9.90. The molecule has 4 amide bonds. The summed E-state index contributed by atoms with van der Waals surface area (Å²) in [5.41, 5.74) is 2.86. The second kappa shape index (κ2) is 27.0. The van der Waals surface area contributed by atoms with Crippen LogP contribution in [0.15, 0.2) is 138 Å². The molecular weight excluding hydrogens is 925 g/mol. The highest BCUT2D eigenvalue weighted by Crippen LogP contribution is 2.30. The molecule has 0 aliphatic rings. The first kappa shape index (κ1) is 52.8. The van der Waals surface area contributed by atoms with E-state index in [1.807, 2.05) is 19.1 Å². The van der Waals surface area contributed by atoms with E-state index in [1.54, 1.807) is 122 Å². The monoisotopic (exact) mass is 982 g/mol. The van der Waals surface area contributed by atoms with Crippen molar-refractivity contribution in [1.29, 1.82) is 0 Å². The van der Waals surface area contributed by atoms with Crippen molar-refractivity contribution >= 4 is 42.0 Å². The van der Waals surface area contributed by atoms with Crippen LogP contribution in [0.25, 0.3) is 17.0 Å². The molecule has 2 unspecified atom stereocenters. The lowest BCUT2D eigenvalue weighted by molar-refractivity contribution is -0.171. The number of furan rings is 1. The maximum Gasteiger partial charge on any atom is 0.363 e. The first-order chi connectivity index (χ1) is 35.0. The molecule has 6 aromatic rings. The number of ether oxygens (including phenoxy) is 3. The van der Waals surface area contributed by atoms with Crippen molar-refractivity contribution in [1.82, 2.24) is 30.8 Å². The molecule has 376 valence electrons. The minimum Gasteiger partial charge on any atom is -0.493 e. The quantitative estimate of drug-likeness (QED) is 0.0149. The van der Waals surface area contributed by atoms with Gasteiger partial charge in [0.1, 0.15) is 30.8 Å². The van der Waals surface area contributed by atoms with E-state index in [-0.39, 0.29) is 61.3 Å². The van der Waals surface area contributed by atoms with E-state index in [9.17, 15) is 33.6 Å². The summed E-state index contributed by atoms with van der Waals surface area (Å²) < 4.78 is 24.3. The zero-order valence-electron chi connectivity index (χ0n) is 40.3. The molecule has 18 heteroatoms. The van der Waals surface area contributed by atoms with Gasteiger partial charge >= 0.3 is 17.9 Å². The number of carbonyl (C=O) groups is 7. The topological polar surface area (TPSA) is 227 Å². The van der Waals surface area contributed by atoms with Gasteiger partial charge in [-0.25, -0.2) is 14.3 Å². The van der Waals surface area contributed by atoms with Crippen LogP contribution in [0.2, 0.25) is 0 Å². The molecule has 0 saturated heterocycles. The summed E-state index contributed by atoms with van der Waals surface area (Å²) in [6.07, 6.45) is 6.29. The van der Waals surface area contributed by atoms with Gasteiger partial charge in [-0.2, -0.15) is 10.2 Å². The second-order valence-corrected chi connectivity index (χ2v) is 16.4. The Hall–Kier alpha value is -8.54. The number of hydrogen-bond donors (Lipinski definition) is 3. The van der Waals surface area contributed by atoms with Crippen LogP contribution in [0.3, 0.4) is 0 Å². The Balaban J connectivity index is 1.08. The highest BCUT2D eigenvalue weighted by molar-refractivity contribution is 6.00. The first-order valence-electron chi connectivity index (χ1n) is 23.7. The van der Waals surface area contributed by atoms with E-state index < -0.39 is 60.1 Å². The SMILES string of the molecule is CCCCCC(C(=O)NCNC(=O)c1ccc(-c2ccc(C(=O)NC(CC(=O)OCc3ccccc3)C(=O)OCc3ccccc3)c(OCC)c2)o1)[C@@H](CC)N(C=O)OC(=O)c1ccc(-n2cccn2)cc1. The number of unbranched alkanes of at least 4 members (excludes halogenated alkanes) is 2. The van der Waals surface area contributed by atoms with Crippen LogP contribution in [0, 0.1) is 5.92 Å². The number of nitrogens with one attached hydrogen (secondary N) is 3. The molecule has 0 aliphatic carbocycles. The van der Waals surface area contributed by atoms with Crippen LogP contribution in [-0.2, 0) is 46.7 Å². The molecule has 2 heterocycles. The third-order valence-electron chi connectivity index (χ3n) is 11.4. The molecule has 2 aromatic heterocycles. The van der Waals surface area contributed by atoms with Crippen molar-refractivity contribution in [3.63, 3.8) is 0 Å². The molecule has 0 fully saturated rings. The molecule has 18 nitrogen and oxygen atoms in total. The highest BCUT2D eigenvalue weighted by atomic mass is 16.7. The van der Waals surface area contributed by atoms with Gasteiger partial charge in [-0.3, -0.25) is 24.0 Å². The predicted octanol–water partition coefficient (Wildman–Crippen LogP) is 7.52. The van der Waals surface area contributed by atoms with Crippen molar-refractivity contribution in [2.45, 2.75) is 84.6 Å². The largest absolute Gasteiger partial charge is 0.493 e. The Morgan fingerprint density at radius 1 is 0.778 bits per heavy atom. The number of amides is 4. The van der Waals surface area contributed by atoms with Crippen LogP contribution in [0.1, 0.15) is 102 Å². The van der Waals surface area contributed by atoms with Crippen LogP contribution in [0.5, 0.6) is 5.75 Å². The standard InChI is InChI=1S/C54H58N6O12/c1-4-7-10-20-42(45(5-2)60(36-61)72-53(66)39-21-24-41(25-22-39)59-30-15-29-57-59)50(63)55-35-56-52(65)47-28-27-46(71-47)40-23-26-43(48(31-40)68-6-3)51(64)58-44(54(67)70-34-38-18-13-9-14-19-38)32-49(62)69-33-37-16-11-8-12-17-37/h8-9,11-19,21-31,36,42,44-45H,4-7,10,20,32-35H2,1-3H3,(H,55,63)(H,56,65)(H,58,64)/t42?,44?,45-/m1/s1. The zero-order chi connectivity index (χ0) is 51.2. The minimum absolute atomic E-state index is 0.0305. The van der Waals surface area contributed by atoms with Crippen molar-refractivity contribution in [2.24, 2.45) is 5.92 Å². The minimum atomic E-state index is -1.41. The number of benzene rings is 4. The van der Waals surface area contributed by atoms with Crippen molar-refractivity contribution < 1.29 is 57.0 Å². The summed E-state index contributed by atoms with van der Waals surface area (Å²) in [7, 11) is 0. The second-order valence-electron chi connectivity index (χ2n) is 16.4. The summed E-state index contributed by atoms with van der Waals surface area (Å²) in [5.74, 6) is -4.69. The molecule has 4 aromatic carbocycles. The molecule has 3 N–H and O–H groups in total. The van der Waals surface area contributed by atoms with Crippen LogP contribution >= 0.6 is 0 Å². The molecular formula is C54H58N6O12. The number of aromatic nitrogens is 2. The molecule has 6 rings (SSSR count). The zero-order valence-corrected chi connectivity index (χ0v) is 40.3. The third-order valence-corrected chi connectivity index (χ3v) is 11.4. The number of nitrogens with zero attached hydrogens (tertiary/aromatic N) is 3. The van der Waals surface area contributed by atoms with Crippen LogP contribution in [0.4, 0.5) is 0 Å². The van der Waals surface area contributed by atoms with Crippen molar-refractivity contribution in [3.05, 3.63) is 162 Å². The highest BCUT2D eigenvalue weighted by Gasteiger charge is 2.34. The third kappa shape index (κ3) is 15.0. The average Bonchev–Trinajstić information content (AvgIpc) is 4.14. The first-order valence-corrected chi connectivity index (χ1v) is 23.7. The predicted molar refractivity (Wildman–Crippen MR) is 263 cm³/mol. The van der Waals surface area contributed by atoms with Gasteiger partial charge in [-0.15, -0.1) is 0 Å². The van der Waals surface area contributed by atoms with Gasteiger partial charge in [0.2, 0.25) is 12.3 Å². The number of hydroxylamine groups is 2. The maximum atomic E-state index is 13.8. The Bertz CT molecular complexity index is 2730. The summed E-state index contributed by atoms with van der Waals surface area (Å²) >= 11 is 0. The van der Waals surface area contributed by atoms with E-state index in [1.165, 1.54) is 18.2 Å².